The van der Waals surface area contributed by atoms with Crippen molar-refractivity contribution in [1.82, 2.24) is 0 Å². The Morgan fingerprint density at radius 1 is 1.22 bits per heavy atom. The zero-order valence-corrected chi connectivity index (χ0v) is 10.7. The van der Waals surface area contributed by atoms with Crippen molar-refractivity contribution in [1.29, 1.82) is 0 Å². The molecule has 0 radical (unpaired) electrons. The fraction of sp³-hybridized carbons (Fsp3) is 0.429. The number of carbonyl (C=O) groups is 2. The van der Waals surface area contributed by atoms with Gasteiger partial charge in [0.1, 0.15) is 6.61 Å². The number of Topliss-reactive ketones (excluding diaryl/α,β-unsaturated/α-hetero) is 1. The Labute approximate surface area is 107 Å². The molecule has 1 rings (SSSR count). The molecule has 18 heavy (non-hydrogen) atoms. The first-order valence-electron chi connectivity index (χ1n) is 6.02. The topological polar surface area (TPSA) is 63.6 Å². The van der Waals surface area contributed by atoms with Gasteiger partial charge in [0.15, 0.2) is 5.78 Å². The van der Waals surface area contributed by atoms with E-state index < -0.39 is 5.97 Å². The van der Waals surface area contributed by atoms with Crippen molar-refractivity contribution in [2.45, 2.75) is 20.3 Å². The molecule has 0 bridgehead atoms. The van der Waals surface area contributed by atoms with E-state index in [1.807, 2.05) is 13.8 Å². The maximum absolute atomic E-state index is 11.9. The van der Waals surface area contributed by atoms with E-state index in [-0.39, 0.29) is 24.9 Å². The lowest BCUT2D eigenvalue weighted by Crippen LogP contribution is -2.11. The quantitative estimate of drug-likeness (QED) is 0.620. The molecule has 4 heteroatoms. The number of aliphatic hydroxyl groups is 1. The lowest BCUT2D eigenvalue weighted by atomic mass is 9.96. The molecule has 0 aromatic heterocycles. The molecule has 1 aromatic carbocycles. The van der Waals surface area contributed by atoms with Crippen molar-refractivity contribution >= 4 is 11.8 Å². The van der Waals surface area contributed by atoms with E-state index in [0.717, 1.165) is 6.42 Å². The minimum absolute atomic E-state index is 0.0165. The van der Waals surface area contributed by atoms with Crippen LogP contribution in [0.2, 0.25) is 0 Å². The third-order valence-electron chi connectivity index (χ3n) is 2.79. The molecule has 0 aliphatic heterocycles. The SMILES string of the molecule is CCC(C)C(=O)c1ccc(C(=O)OCCO)cc1. The molecule has 1 N–H and O–H groups in total. The van der Waals surface area contributed by atoms with E-state index in [4.69, 9.17) is 9.84 Å². The number of aliphatic hydroxyl groups excluding tert-OH is 1. The van der Waals surface area contributed by atoms with Gasteiger partial charge in [0.25, 0.3) is 0 Å². The van der Waals surface area contributed by atoms with Gasteiger partial charge in [-0.1, -0.05) is 26.0 Å². The fourth-order valence-corrected chi connectivity index (χ4v) is 1.46. The van der Waals surface area contributed by atoms with Gasteiger partial charge in [-0.25, -0.2) is 4.79 Å². The number of hydrogen-bond donors (Lipinski definition) is 1. The normalized spacial score (nSPS) is 11.9. The summed E-state index contributed by atoms with van der Waals surface area (Å²) in [6, 6.07) is 6.39. The first-order chi connectivity index (χ1) is 8.60. The number of ether oxygens (including phenoxy) is 1. The van der Waals surface area contributed by atoms with Crippen LogP contribution in [0.1, 0.15) is 41.0 Å². The van der Waals surface area contributed by atoms with Crippen LogP contribution in [0.4, 0.5) is 0 Å². The molecular weight excluding hydrogens is 232 g/mol. The van der Waals surface area contributed by atoms with Gasteiger partial charge >= 0.3 is 5.97 Å². The first kappa shape index (κ1) is 14.4. The largest absolute Gasteiger partial charge is 0.460 e. The lowest BCUT2D eigenvalue weighted by Gasteiger charge is -2.08. The second kappa shape index (κ2) is 6.91. The Kier molecular flexibility index (Phi) is 5.52. The molecule has 0 aliphatic carbocycles. The van der Waals surface area contributed by atoms with Crippen molar-refractivity contribution in [2.24, 2.45) is 5.92 Å². The first-order valence-corrected chi connectivity index (χ1v) is 6.02. The summed E-state index contributed by atoms with van der Waals surface area (Å²) < 4.78 is 4.77. The Balaban J connectivity index is 2.74. The van der Waals surface area contributed by atoms with Gasteiger partial charge in [0.2, 0.25) is 0 Å². The van der Waals surface area contributed by atoms with Gasteiger partial charge in [-0.3, -0.25) is 4.79 Å². The molecule has 0 heterocycles. The molecule has 4 nitrogen and oxygen atoms in total. The summed E-state index contributed by atoms with van der Waals surface area (Å²) in [5.74, 6) is -0.434. The van der Waals surface area contributed by atoms with Gasteiger partial charge in [0.05, 0.1) is 12.2 Å². The van der Waals surface area contributed by atoms with E-state index in [1.165, 1.54) is 0 Å². The van der Waals surface area contributed by atoms with Crippen LogP contribution >= 0.6 is 0 Å². The third kappa shape index (κ3) is 3.67. The Bertz CT molecular complexity index is 408. The van der Waals surface area contributed by atoms with Crippen LogP contribution in [0.5, 0.6) is 0 Å². The maximum Gasteiger partial charge on any atom is 0.338 e. The van der Waals surface area contributed by atoms with Crippen LogP contribution < -0.4 is 0 Å². The molecular formula is C14H18O4. The highest BCUT2D eigenvalue weighted by molar-refractivity contribution is 5.98. The molecule has 0 spiro atoms. The van der Waals surface area contributed by atoms with E-state index in [2.05, 4.69) is 0 Å². The number of esters is 1. The molecule has 98 valence electrons. The van der Waals surface area contributed by atoms with Crippen molar-refractivity contribution < 1.29 is 19.4 Å². The van der Waals surface area contributed by atoms with Crippen molar-refractivity contribution in [3.8, 4) is 0 Å². The van der Waals surface area contributed by atoms with E-state index in [9.17, 15) is 9.59 Å². The fourth-order valence-electron chi connectivity index (χ4n) is 1.46. The molecule has 1 unspecified atom stereocenters. The van der Waals surface area contributed by atoms with Gasteiger partial charge < -0.3 is 9.84 Å². The average Bonchev–Trinajstić information content (AvgIpc) is 2.43. The summed E-state index contributed by atoms with van der Waals surface area (Å²) in [5, 5.41) is 8.55. The average molecular weight is 250 g/mol. The van der Waals surface area contributed by atoms with Gasteiger partial charge in [-0.05, 0) is 18.6 Å². The third-order valence-corrected chi connectivity index (χ3v) is 2.79. The van der Waals surface area contributed by atoms with E-state index >= 15 is 0 Å². The number of rotatable bonds is 6. The zero-order valence-electron chi connectivity index (χ0n) is 10.7. The summed E-state index contributed by atoms with van der Waals surface area (Å²) in [6.07, 6.45) is 0.791. The molecule has 0 saturated heterocycles. The summed E-state index contributed by atoms with van der Waals surface area (Å²) >= 11 is 0. The van der Waals surface area contributed by atoms with Crippen LogP contribution in [-0.2, 0) is 4.74 Å². The predicted octanol–water partition coefficient (Wildman–Crippen LogP) is 2.06. The number of ketones is 1. The summed E-state index contributed by atoms with van der Waals surface area (Å²) in [5.41, 5.74) is 0.979. The molecule has 0 saturated carbocycles. The van der Waals surface area contributed by atoms with Crippen molar-refractivity contribution in [3.63, 3.8) is 0 Å². The number of carbonyl (C=O) groups excluding carboxylic acids is 2. The molecule has 1 aromatic rings. The second-order valence-electron chi connectivity index (χ2n) is 4.11. The standard InChI is InChI=1S/C14H18O4/c1-3-10(2)13(16)11-4-6-12(7-5-11)14(17)18-9-8-15/h4-7,10,15H,3,8-9H2,1-2H3. The smallest absolute Gasteiger partial charge is 0.338 e. The van der Waals surface area contributed by atoms with Crippen LogP contribution in [-0.4, -0.2) is 30.1 Å². The second-order valence-corrected chi connectivity index (χ2v) is 4.11. The summed E-state index contributed by atoms with van der Waals surface area (Å²) in [6.45, 7) is 3.62. The monoisotopic (exact) mass is 250 g/mol. The highest BCUT2D eigenvalue weighted by Gasteiger charge is 2.14. The highest BCUT2D eigenvalue weighted by Crippen LogP contribution is 2.13. The van der Waals surface area contributed by atoms with Crippen molar-refractivity contribution in [2.75, 3.05) is 13.2 Å². The van der Waals surface area contributed by atoms with Gasteiger partial charge in [-0.15, -0.1) is 0 Å². The van der Waals surface area contributed by atoms with Crippen LogP contribution in [0.15, 0.2) is 24.3 Å². The van der Waals surface area contributed by atoms with Crippen LogP contribution in [0.25, 0.3) is 0 Å². The minimum Gasteiger partial charge on any atom is -0.460 e. The van der Waals surface area contributed by atoms with Crippen LogP contribution in [0.3, 0.4) is 0 Å². The van der Waals surface area contributed by atoms with Gasteiger partial charge in [-0.2, -0.15) is 0 Å². The highest BCUT2D eigenvalue weighted by atomic mass is 16.5. The maximum atomic E-state index is 11.9. The van der Waals surface area contributed by atoms with Gasteiger partial charge in [0, 0.05) is 11.5 Å². The lowest BCUT2D eigenvalue weighted by molar-refractivity contribution is 0.0433. The molecule has 0 aliphatic rings. The minimum atomic E-state index is -0.494. The zero-order chi connectivity index (χ0) is 13.5. The van der Waals surface area contributed by atoms with E-state index in [0.29, 0.717) is 11.1 Å². The molecule has 0 amide bonds. The number of benzene rings is 1. The molecule has 1 atom stereocenters. The summed E-state index contributed by atoms with van der Waals surface area (Å²) in [4.78, 5) is 23.3. The number of hydrogen-bond acceptors (Lipinski definition) is 4. The summed E-state index contributed by atoms with van der Waals surface area (Å²) in [7, 11) is 0. The van der Waals surface area contributed by atoms with Crippen molar-refractivity contribution in [3.05, 3.63) is 35.4 Å². The molecule has 0 fully saturated rings. The van der Waals surface area contributed by atoms with Crippen LogP contribution in [0, 0.1) is 5.92 Å². The Morgan fingerprint density at radius 2 is 1.78 bits per heavy atom. The predicted molar refractivity (Wildman–Crippen MR) is 67.6 cm³/mol. The van der Waals surface area contributed by atoms with E-state index in [1.54, 1.807) is 24.3 Å². The Morgan fingerprint density at radius 3 is 2.28 bits per heavy atom. The Hall–Kier alpha value is -1.68.